The summed E-state index contributed by atoms with van der Waals surface area (Å²) in [4.78, 5) is 42.4. The quantitative estimate of drug-likeness (QED) is 0.571. The van der Waals surface area contributed by atoms with Crippen molar-refractivity contribution < 1.29 is 19.5 Å². The molecule has 1 aromatic heterocycles. The predicted octanol–water partition coefficient (Wildman–Crippen LogP) is 3.40. The van der Waals surface area contributed by atoms with Gasteiger partial charge in [0.1, 0.15) is 18.8 Å². The summed E-state index contributed by atoms with van der Waals surface area (Å²) >= 11 is 0. The fourth-order valence-corrected chi connectivity index (χ4v) is 5.52. The van der Waals surface area contributed by atoms with Gasteiger partial charge in [0, 0.05) is 24.5 Å². The highest BCUT2D eigenvalue weighted by molar-refractivity contribution is 6.02. The van der Waals surface area contributed by atoms with Gasteiger partial charge in [0.15, 0.2) is 0 Å². The lowest BCUT2D eigenvalue weighted by molar-refractivity contribution is -0.143. The highest BCUT2D eigenvalue weighted by Crippen LogP contribution is 2.44. The lowest BCUT2D eigenvalue weighted by Crippen LogP contribution is -2.52. The Hall–Kier alpha value is -3.81. The fraction of sp³-hybridized carbons (Fsp3) is 0.370. The lowest BCUT2D eigenvalue weighted by atomic mass is 9.96. The zero-order valence-electron chi connectivity index (χ0n) is 20.2. The number of para-hydroxylation sites is 2. The Morgan fingerprint density at radius 1 is 1.14 bits per heavy atom. The Bertz CT molecular complexity index is 1330. The second-order valence-corrected chi connectivity index (χ2v) is 9.49. The van der Waals surface area contributed by atoms with Crippen molar-refractivity contribution in [2.24, 2.45) is 5.92 Å². The minimum atomic E-state index is -1.03. The Morgan fingerprint density at radius 2 is 1.86 bits per heavy atom. The third kappa shape index (κ3) is 3.64. The van der Waals surface area contributed by atoms with E-state index in [2.05, 4.69) is 16.3 Å². The molecule has 8 heteroatoms. The van der Waals surface area contributed by atoms with E-state index in [9.17, 15) is 19.5 Å². The van der Waals surface area contributed by atoms with Crippen molar-refractivity contribution in [3.05, 3.63) is 65.4 Å². The van der Waals surface area contributed by atoms with Gasteiger partial charge in [-0.1, -0.05) is 50.6 Å². The van der Waals surface area contributed by atoms with E-state index < -0.39 is 12.0 Å². The van der Waals surface area contributed by atoms with E-state index in [1.165, 1.54) is 0 Å². The minimum Gasteiger partial charge on any atom is -0.480 e. The number of hydrogen-bond donors (Lipinski definition) is 2. The first-order valence-corrected chi connectivity index (χ1v) is 12.1. The van der Waals surface area contributed by atoms with E-state index in [0.717, 1.165) is 27.8 Å². The van der Waals surface area contributed by atoms with Crippen LogP contribution in [0.5, 0.6) is 0 Å². The number of rotatable bonds is 6. The number of carboxylic acids is 1. The molecule has 2 amide bonds. The number of carbonyl (C=O) groups is 3. The van der Waals surface area contributed by atoms with Gasteiger partial charge < -0.3 is 24.8 Å². The number of fused-ring (bicyclic) bond motifs is 6. The molecule has 8 nitrogen and oxygen atoms in total. The van der Waals surface area contributed by atoms with E-state index in [4.69, 9.17) is 0 Å². The molecule has 0 saturated carbocycles. The second kappa shape index (κ2) is 8.76. The van der Waals surface area contributed by atoms with Crippen LogP contribution in [-0.4, -0.2) is 52.0 Å². The molecule has 35 heavy (non-hydrogen) atoms. The number of anilines is 1. The monoisotopic (exact) mass is 474 g/mol. The summed E-state index contributed by atoms with van der Waals surface area (Å²) in [5, 5.41) is 13.4. The molecule has 2 aromatic carbocycles. The van der Waals surface area contributed by atoms with Gasteiger partial charge in [0.2, 0.25) is 5.91 Å². The topological polar surface area (TPSA) is 94.9 Å². The first-order valence-electron chi connectivity index (χ1n) is 12.1. The standard InChI is InChI=1S/C27H30N4O4/c1-4-16(2)23(27(34)35)28-22(32)15-31-21-12-8-5-9-17(21)18-13-14-30-25(24(18)31)29(3)20-11-7-6-10-19(20)26(30)33/h5-12,16,23,25H,4,13-15H2,1-3H3,(H,28,32)(H,34,35)/t16-,23+,25?/m1/s1. The average Bonchev–Trinajstić information content (AvgIpc) is 3.18. The summed E-state index contributed by atoms with van der Waals surface area (Å²) in [6, 6.07) is 14.6. The number of carbonyl (C=O) groups excluding carboxylic acids is 2. The zero-order chi connectivity index (χ0) is 24.9. The van der Waals surface area contributed by atoms with Crippen LogP contribution in [0.1, 0.15) is 48.0 Å². The minimum absolute atomic E-state index is 0.0154. The first kappa shape index (κ1) is 23.0. The normalized spacial score (nSPS) is 18.5. The van der Waals surface area contributed by atoms with Crippen molar-refractivity contribution in [3.63, 3.8) is 0 Å². The molecule has 2 aliphatic heterocycles. The molecule has 0 radical (unpaired) electrons. The molecule has 0 bridgehead atoms. The molecule has 1 unspecified atom stereocenters. The Labute approximate surface area is 204 Å². The van der Waals surface area contributed by atoms with E-state index in [1.807, 2.05) is 72.8 Å². The largest absolute Gasteiger partial charge is 0.480 e. The van der Waals surface area contributed by atoms with Crippen LogP contribution < -0.4 is 10.2 Å². The number of carboxylic acid groups (broad SMARTS) is 1. The SMILES string of the molecule is CC[C@@H](C)[C@H](NC(=O)Cn1c2c(c3ccccc31)CCN1C(=O)c3ccccc3N(C)C21)C(=O)O. The van der Waals surface area contributed by atoms with Gasteiger partial charge in [-0.3, -0.25) is 9.59 Å². The third-order valence-corrected chi connectivity index (χ3v) is 7.50. The number of nitrogens with zero attached hydrogens (tertiary/aromatic N) is 3. The van der Waals surface area contributed by atoms with E-state index in [1.54, 1.807) is 0 Å². The van der Waals surface area contributed by atoms with Crippen molar-refractivity contribution in [1.29, 1.82) is 0 Å². The van der Waals surface area contributed by atoms with Gasteiger partial charge >= 0.3 is 5.97 Å². The van der Waals surface area contributed by atoms with Crippen LogP contribution in [0, 0.1) is 5.92 Å². The van der Waals surface area contributed by atoms with Gasteiger partial charge in [0.05, 0.1) is 16.9 Å². The molecular formula is C27H30N4O4. The Kier molecular flexibility index (Phi) is 5.75. The molecule has 182 valence electrons. The van der Waals surface area contributed by atoms with E-state index >= 15 is 0 Å². The number of hydrogen-bond acceptors (Lipinski definition) is 4. The average molecular weight is 475 g/mol. The summed E-state index contributed by atoms with van der Waals surface area (Å²) in [6.07, 6.45) is 0.974. The lowest BCUT2D eigenvalue weighted by Gasteiger charge is -2.46. The second-order valence-electron chi connectivity index (χ2n) is 9.49. The van der Waals surface area contributed by atoms with Crippen LogP contribution in [0.15, 0.2) is 48.5 Å². The molecule has 0 fully saturated rings. The summed E-state index contributed by atoms with van der Waals surface area (Å²) < 4.78 is 1.96. The molecule has 0 spiro atoms. The number of nitrogens with one attached hydrogen (secondary N) is 1. The molecule has 2 N–H and O–H groups in total. The first-order chi connectivity index (χ1) is 16.8. The summed E-state index contributed by atoms with van der Waals surface area (Å²) in [6.45, 7) is 4.30. The van der Waals surface area contributed by atoms with Crippen LogP contribution >= 0.6 is 0 Å². The smallest absolute Gasteiger partial charge is 0.326 e. The van der Waals surface area contributed by atoms with E-state index in [-0.39, 0.29) is 30.4 Å². The maximum atomic E-state index is 13.4. The van der Waals surface area contributed by atoms with E-state index in [0.29, 0.717) is 24.9 Å². The van der Waals surface area contributed by atoms with Gasteiger partial charge in [-0.2, -0.15) is 0 Å². The highest BCUT2D eigenvalue weighted by atomic mass is 16.4. The highest BCUT2D eigenvalue weighted by Gasteiger charge is 2.43. The van der Waals surface area contributed by atoms with Gasteiger partial charge in [0.25, 0.3) is 5.91 Å². The fourth-order valence-electron chi connectivity index (χ4n) is 5.52. The van der Waals surface area contributed by atoms with Crippen molar-refractivity contribution in [2.45, 2.75) is 45.4 Å². The van der Waals surface area contributed by atoms with Gasteiger partial charge in [-0.15, -0.1) is 0 Å². The van der Waals surface area contributed by atoms with Crippen molar-refractivity contribution in [1.82, 2.24) is 14.8 Å². The number of aromatic nitrogens is 1. The van der Waals surface area contributed by atoms with Gasteiger partial charge in [-0.25, -0.2) is 4.79 Å². The zero-order valence-corrected chi connectivity index (χ0v) is 20.2. The summed E-state index contributed by atoms with van der Waals surface area (Å²) in [5.41, 5.74) is 4.48. The van der Waals surface area contributed by atoms with Crippen LogP contribution in [0.2, 0.25) is 0 Å². The maximum absolute atomic E-state index is 13.4. The van der Waals surface area contributed by atoms with Gasteiger partial charge in [-0.05, 0) is 36.1 Å². The number of aliphatic carboxylic acids is 1. The number of benzene rings is 2. The van der Waals surface area contributed by atoms with Crippen LogP contribution in [-0.2, 0) is 22.6 Å². The number of amides is 2. The predicted molar refractivity (Wildman–Crippen MR) is 133 cm³/mol. The summed E-state index contributed by atoms with van der Waals surface area (Å²) in [7, 11) is 1.98. The van der Waals surface area contributed by atoms with Crippen molar-refractivity contribution in [2.75, 3.05) is 18.5 Å². The van der Waals surface area contributed by atoms with Crippen LogP contribution in [0.4, 0.5) is 5.69 Å². The van der Waals surface area contributed by atoms with Crippen molar-refractivity contribution >= 4 is 34.4 Å². The third-order valence-electron chi connectivity index (χ3n) is 7.50. The Morgan fingerprint density at radius 3 is 2.60 bits per heavy atom. The molecular weight excluding hydrogens is 444 g/mol. The molecule has 2 aliphatic rings. The molecule has 0 saturated heterocycles. The molecule has 5 rings (SSSR count). The van der Waals surface area contributed by atoms with Crippen LogP contribution in [0.3, 0.4) is 0 Å². The summed E-state index contributed by atoms with van der Waals surface area (Å²) in [5.74, 6) is -1.60. The molecule has 0 aliphatic carbocycles. The van der Waals surface area contributed by atoms with Crippen LogP contribution in [0.25, 0.3) is 10.9 Å². The maximum Gasteiger partial charge on any atom is 0.326 e. The molecule has 3 aromatic rings. The Balaban J connectivity index is 1.59. The molecule has 3 atom stereocenters. The van der Waals surface area contributed by atoms with Crippen molar-refractivity contribution in [3.8, 4) is 0 Å². The molecule has 3 heterocycles.